The summed E-state index contributed by atoms with van der Waals surface area (Å²) in [7, 11) is 1.99. The summed E-state index contributed by atoms with van der Waals surface area (Å²) in [6, 6.07) is 0. The van der Waals surface area contributed by atoms with Crippen LogP contribution in [0, 0.1) is 5.92 Å². The number of rotatable bonds is 6. The maximum Gasteiger partial charge on any atom is 0.0694 e. The minimum absolute atomic E-state index is 0.503. The first-order valence-corrected chi connectivity index (χ1v) is 6.23. The zero-order valence-corrected chi connectivity index (χ0v) is 11.2. The van der Waals surface area contributed by atoms with Crippen LogP contribution in [0.5, 0.6) is 0 Å². The second kappa shape index (κ2) is 6.04. The predicted molar refractivity (Wildman–Crippen MR) is 68.5 cm³/mol. The van der Waals surface area contributed by atoms with Gasteiger partial charge in [-0.05, 0) is 24.8 Å². The van der Waals surface area contributed by atoms with Crippen molar-refractivity contribution in [3.63, 3.8) is 0 Å². The lowest BCUT2D eigenvalue weighted by Gasteiger charge is -2.08. The average Bonchev–Trinajstić information content (AvgIpc) is 2.54. The molecule has 0 amide bonds. The van der Waals surface area contributed by atoms with Crippen LogP contribution in [-0.2, 0) is 13.6 Å². The maximum absolute atomic E-state index is 4.50. The Morgan fingerprint density at radius 3 is 2.56 bits per heavy atom. The first kappa shape index (κ1) is 13.2. The third-order valence-corrected chi connectivity index (χ3v) is 2.70. The molecule has 0 radical (unpaired) electrons. The lowest BCUT2D eigenvalue weighted by molar-refractivity contribution is 0.536. The fraction of sp³-hybridized carbons (Fsp3) is 0.769. The first-order valence-electron chi connectivity index (χ1n) is 6.23. The molecule has 1 rings (SSSR count). The molecule has 0 atom stereocenters. The van der Waals surface area contributed by atoms with Crippen LogP contribution in [-0.4, -0.2) is 16.3 Å². The Morgan fingerprint density at radius 1 is 1.31 bits per heavy atom. The van der Waals surface area contributed by atoms with Crippen molar-refractivity contribution in [3.05, 3.63) is 17.5 Å². The summed E-state index contributed by atoms with van der Waals surface area (Å²) in [5.41, 5.74) is 2.56. The Morgan fingerprint density at radius 2 is 2.00 bits per heavy atom. The van der Waals surface area contributed by atoms with Crippen molar-refractivity contribution in [2.24, 2.45) is 13.0 Å². The van der Waals surface area contributed by atoms with Gasteiger partial charge in [-0.25, -0.2) is 0 Å². The van der Waals surface area contributed by atoms with Gasteiger partial charge in [-0.15, -0.1) is 0 Å². The second-order valence-electron chi connectivity index (χ2n) is 5.23. The topological polar surface area (TPSA) is 29.9 Å². The molecule has 0 unspecified atom stereocenters. The molecule has 0 aliphatic rings. The molecule has 1 aromatic rings. The molecule has 0 saturated carbocycles. The van der Waals surface area contributed by atoms with Crippen LogP contribution in [0.3, 0.4) is 0 Å². The SMILES string of the molecule is CC(C)CCNCc1cn(C)nc1C(C)C. The largest absolute Gasteiger partial charge is 0.313 e. The van der Waals surface area contributed by atoms with Crippen LogP contribution in [0.1, 0.15) is 51.3 Å². The fourth-order valence-electron chi connectivity index (χ4n) is 1.79. The van der Waals surface area contributed by atoms with Crippen LogP contribution in [0.4, 0.5) is 0 Å². The molecule has 0 aliphatic heterocycles. The van der Waals surface area contributed by atoms with Gasteiger partial charge in [0.2, 0.25) is 0 Å². The normalized spacial score (nSPS) is 11.7. The van der Waals surface area contributed by atoms with Crippen LogP contribution in [0.2, 0.25) is 0 Å². The molecular formula is C13H25N3. The monoisotopic (exact) mass is 223 g/mol. The quantitative estimate of drug-likeness (QED) is 0.751. The van der Waals surface area contributed by atoms with Gasteiger partial charge in [0.05, 0.1) is 5.69 Å². The Bertz CT molecular complexity index is 313. The van der Waals surface area contributed by atoms with Crippen molar-refractivity contribution in [3.8, 4) is 0 Å². The van der Waals surface area contributed by atoms with Gasteiger partial charge in [-0.1, -0.05) is 27.7 Å². The summed E-state index contributed by atoms with van der Waals surface area (Å²) in [6.07, 6.45) is 3.36. The van der Waals surface area contributed by atoms with E-state index in [0.717, 1.165) is 19.0 Å². The summed E-state index contributed by atoms with van der Waals surface area (Å²) >= 11 is 0. The van der Waals surface area contributed by atoms with E-state index >= 15 is 0 Å². The van der Waals surface area contributed by atoms with Gasteiger partial charge in [0, 0.05) is 25.4 Å². The van der Waals surface area contributed by atoms with E-state index in [1.54, 1.807) is 0 Å². The summed E-state index contributed by atoms with van der Waals surface area (Å²) in [6.45, 7) is 10.9. The third-order valence-electron chi connectivity index (χ3n) is 2.70. The Labute approximate surface area is 99.2 Å². The van der Waals surface area contributed by atoms with E-state index in [1.165, 1.54) is 17.7 Å². The maximum atomic E-state index is 4.50. The van der Waals surface area contributed by atoms with E-state index in [1.807, 2.05) is 11.7 Å². The predicted octanol–water partition coefficient (Wildman–Crippen LogP) is 2.68. The number of hydrogen-bond donors (Lipinski definition) is 1. The van der Waals surface area contributed by atoms with Crippen molar-refractivity contribution in [1.82, 2.24) is 15.1 Å². The highest BCUT2D eigenvalue weighted by molar-refractivity contribution is 5.19. The summed E-state index contributed by atoms with van der Waals surface area (Å²) < 4.78 is 1.91. The average molecular weight is 223 g/mol. The van der Waals surface area contributed by atoms with Crippen molar-refractivity contribution < 1.29 is 0 Å². The van der Waals surface area contributed by atoms with Crippen LogP contribution in [0.15, 0.2) is 6.20 Å². The van der Waals surface area contributed by atoms with Crippen LogP contribution >= 0.6 is 0 Å². The minimum atomic E-state index is 0.503. The highest BCUT2D eigenvalue weighted by Crippen LogP contribution is 2.16. The van der Waals surface area contributed by atoms with E-state index in [-0.39, 0.29) is 0 Å². The number of nitrogens with one attached hydrogen (secondary N) is 1. The van der Waals surface area contributed by atoms with Gasteiger partial charge in [0.1, 0.15) is 0 Å². The van der Waals surface area contributed by atoms with Gasteiger partial charge in [0.15, 0.2) is 0 Å². The highest BCUT2D eigenvalue weighted by Gasteiger charge is 2.10. The number of nitrogens with zero attached hydrogens (tertiary/aromatic N) is 2. The smallest absolute Gasteiger partial charge is 0.0694 e. The van der Waals surface area contributed by atoms with E-state index in [0.29, 0.717) is 5.92 Å². The molecule has 1 aromatic heterocycles. The second-order valence-corrected chi connectivity index (χ2v) is 5.23. The molecule has 0 aliphatic carbocycles. The molecule has 0 saturated heterocycles. The Hall–Kier alpha value is -0.830. The number of aryl methyl sites for hydroxylation is 1. The molecule has 0 bridgehead atoms. The molecule has 16 heavy (non-hydrogen) atoms. The molecule has 0 aromatic carbocycles. The lowest BCUT2D eigenvalue weighted by atomic mass is 10.1. The minimum Gasteiger partial charge on any atom is -0.313 e. The van der Waals surface area contributed by atoms with Gasteiger partial charge in [-0.3, -0.25) is 4.68 Å². The summed E-state index contributed by atoms with van der Waals surface area (Å²) in [5.74, 6) is 1.27. The van der Waals surface area contributed by atoms with Crippen molar-refractivity contribution in [2.75, 3.05) is 6.54 Å². The molecular weight excluding hydrogens is 198 g/mol. The molecule has 3 heteroatoms. The molecule has 0 fully saturated rings. The summed E-state index contributed by atoms with van der Waals surface area (Å²) in [5, 5.41) is 7.99. The zero-order chi connectivity index (χ0) is 12.1. The zero-order valence-electron chi connectivity index (χ0n) is 11.2. The third kappa shape index (κ3) is 3.97. The fourth-order valence-corrected chi connectivity index (χ4v) is 1.79. The van der Waals surface area contributed by atoms with Gasteiger partial charge in [-0.2, -0.15) is 5.10 Å². The van der Waals surface area contributed by atoms with Crippen LogP contribution in [0.25, 0.3) is 0 Å². The van der Waals surface area contributed by atoms with Crippen LogP contribution < -0.4 is 5.32 Å². The van der Waals surface area contributed by atoms with Gasteiger partial charge >= 0.3 is 0 Å². The van der Waals surface area contributed by atoms with Gasteiger partial charge < -0.3 is 5.32 Å². The Balaban J connectivity index is 2.46. The van der Waals surface area contributed by atoms with E-state index in [2.05, 4.69) is 44.3 Å². The van der Waals surface area contributed by atoms with Crippen molar-refractivity contribution in [1.29, 1.82) is 0 Å². The Kier molecular flexibility index (Phi) is 5.00. The molecule has 0 spiro atoms. The van der Waals surface area contributed by atoms with E-state index < -0.39 is 0 Å². The molecule has 1 heterocycles. The van der Waals surface area contributed by atoms with Gasteiger partial charge in [0.25, 0.3) is 0 Å². The summed E-state index contributed by atoms with van der Waals surface area (Å²) in [4.78, 5) is 0. The molecule has 92 valence electrons. The lowest BCUT2D eigenvalue weighted by Crippen LogP contribution is -2.17. The number of hydrogen-bond acceptors (Lipinski definition) is 2. The first-order chi connectivity index (χ1) is 7.50. The van der Waals surface area contributed by atoms with Crippen molar-refractivity contribution in [2.45, 2.75) is 46.6 Å². The highest BCUT2D eigenvalue weighted by atomic mass is 15.3. The molecule has 3 nitrogen and oxygen atoms in total. The number of aromatic nitrogens is 2. The van der Waals surface area contributed by atoms with Crippen molar-refractivity contribution >= 4 is 0 Å². The molecule has 1 N–H and O–H groups in total. The van der Waals surface area contributed by atoms with E-state index in [9.17, 15) is 0 Å². The van der Waals surface area contributed by atoms with E-state index in [4.69, 9.17) is 0 Å². The standard InChI is InChI=1S/C13H25N3/c1-10(2)6-7-14-8-12-9-16(5)15-13(12)11(3)4/h9-11,14H,6-8H2,1-5H3.